The van der Waals surface area contributed by atoms with Crippen LogP contribution in [0.1, 0.15) is 160 Å². The van der Waals surface area contributed by atoms with E-state index >= 15 is 0 Å². The maximum Gasteiger partial charge on any atom is 0.0991 e. The lowest BCUT2D eigenvalue weighted by molar-refractivity contribution is 0.569. The molecule has 1 unspecified atom stereocenters. The van der Waals surface area contributed by atoms with Gasteiger partial charge in [0.25, 0.3) is 0 Å². The van der Waals surface area contributed by atoms with Crippen LogP contribution >= 0.6 is 22.7 Å². The summed E-state index contributed by atoms with van der Waals surface area (Å²) >= 11 is 3.79. The van der Waals surface area contributed by atoms with E-state index in [1.54, 1.807) is 0 Å². The van der Waals surface area contributed by atoms with E-state index in [0.29, 0.717) is 5.56 Å². The Morgan fingerprint density at radius 1 is 0.258 bits per heavy atom. The summed E-state index contributed by atoms with van der Waals surface area (Å²) < 4.78 is 12.7. The summed E-state index contributed by atoms with van der Waals surface area (Å²) in [6.45, 7) is 35.3. The standard InChI is InChI=1S/C124H102N6S2/c1-120(2,3)78-54-59-104-96(66-78)95-60-73(72-125)50-57-103(95)126(104)83-70-108-116-109(71-83)130(118-97(89-39-31-49-112-114(89)94-56-53-79(121(4,5)6)69-113(94)131-112)67-82(124(13,14)15)68-110(118)128-101-45-26-21-36-86(101)87-37-22-27-46-102(87)128)107-64-76(74-32-17-16-18-33-74)51-55-93(107)115(116)98-63-75(77-61-80(122(7,8)9)65-81(62-77)123(10,11)12)52-58-105(98)129(108)117-90(92-42-29-41-91-88-38-23-28-48-111(88)132-119(91)92)40-30-47-106(117)127-99-43-24-19-34-84(99)85-35-20-25-44-100(85)127/h16-71,115H,1-15H3. The van der Waals surface area contributed by atoms with Crippen LogP contribution in [0.3, 0.4) is 0 Å². The second kappa shape index (κ2) is 29.3. The lowest BCUT2D eigenvalue weighted by atomic mass is 9.73. The van der Waals surface area contributed by atoms with Crippen molar-refractivity contribution in [2.45, 2.75) is 137 Å². The lowest BCUT2D eigenvalue weighted by Crippen LogP contribution is -2.31. The average Bonchev–Trinajstić information content (AvgIpc) is 1.02. The molecule has 0 aliphatic carbocycles. The molecular formula is C124H102N6S2. The molecule has 5 aromatic heterocycles. The predicted molar refractivity (Wildman–Crippen MR) is 566 cm³/mol. The topological polar surface area (TPSA) is 45.1 Å². The molecule has 0 N–H and O–H groups in total. The monoisotopic (exact) mass is 1740 g/mol. The number of nitriles is 1. The largest absolute Gasteiger partial charge is 0.309 e. The van der Waals surface area contributed by atoms with Crippen molar-refractivity contribution in [2.24, 2.45) is 0 Å². The van der Waals surface area contributed by atoms with Crippen molar-refractivity contribution >= 4 is 163 Å². The van der Waals surface area contributed by atoms with E-state index in [2.05, 4.69) is 467 Å². The van der Waals surface area contributed by atoms with Crippen molar-refractivity contribution in [3.05, 3.63) is 390 Å². The first kappa shape index (κ1) is 80.9. The van der Waals surface area contributed by atoms with Crippen LogP contribution in [0.25, 0.3) is 167 Å². The summed E-state index contributed by atoms with van der Waals surface area (Å²) in [7, 11) is 0. The molecular weight excluding hydrogens is 1640 g/mol. The molecule has 0 saturated carbocycles. The van der Waals surface area contributed by atoms with E-state index in [9.17, 15) is 5.26 Å². The van der Waals surface area contributed by atoms with E-state index in [-0.39, 0.29) is 27.1 Å². The van der Waals surface area contributed by atoms with Gasteiger partial charge in [0.05, 0.1) is 95.9 Å². The Balaban J connectivity index is 0.940. The number of thiophene rings is 2. The van der Waals surface area contributed by atoms with Crippen molar-refractivity contribution in [3.8, 4) is 67.6 Å². The molecule has 640 valence electrons. The molecule has 24 rings (SSSR count). The van der Waals surface area contributed by atoms with Crippen molar-refractivity contribution < 1.29 is 0 Å². The van der Waals surface area contributed by atoms with Gasteiger partial charge in [-0.15, -0.1) is 22.7 Å². The second-order valence-electron chi connectivity index (χ2n) is 42.0. The van der Waals surface area contributed by atoms with Crippen molar-refractivity contribution in [2.75, 3.05) is 9.80 Å². The van der Waals surface area contributed by atoms with Gasteiger partial charge in [0.15, 0.2) is 0 Å². The zero-order valence-corrected chi connectivity index (χ0v) is 79.0. The van der Waals surface area contributed by atoms with E-state index in [1.165, 1.54) is 112 Å². The number of para-hydroxylation sites is 5. The molecule has 2 aliphatic heterocycles. The molecule has 0 bridgehead atoms. The van der Waals surface area contributed by atoms with Gasteiger partial charge in [-0.3, -0.25) is 0 Å². The first-order valence-electron chi connectivity index (χ1n) is 46.5. The third-order valence-corrected chi connectivity index (χ3v) is 30.9. The summed E-state index contributed by atoms with van der Waals surface area (Å²) in [5.41, 5.74) is 34.5. The number of aromatic nitrogens is 3. The van der Waals surface area contributed by atoms with Crippen LogP contribution in [0.4, 0.5) is 34.1 Å². The van der Waals surface area contributed by atoms with Gasteiger partial charge < -0.3 is 23.5 Å². The van der Waals surface area contributed by atoms with Gasteiger partial charge in [0.1, 0.15) is 0 Å². The van der Waals surface area contributed by atoms with Crippen LogP contribution in [0, 0.1) is 11.3 Å². The summed E-state index contributed by atoms with van der Waals surface area (Å²) in [6, 6.07) is 134. The maximum atomic E-state index is 11.2. The summed E-state index contributed by atoms with van der Waals surface area (Å²) in [6.07, 6.45) is 0. The zero-order valence-electron chi connectivity index (χ0n) is 77.4. The van der Waals surface area contributed by atoms with Gasteiger partial charge in [-0.05, 0) is 215 Å². The van der Waals surface area contributed by atoms with Gasteiger partial charge in [-0.25, -0.2) is 0 Å². The molecule has 0 radical (unpaired) electrons. The fraction of sp³-hybridized carbons (Fsp3) is 0.169. The van der Waals surface area contributed by atoms with Crippen molar-refractivity contribution in [1.82, 2.24) is 13.7 Å². The highest BCUT2D eigenvalue weighted by Crippen LogP contribution is 2.66. The maximum absolute atomic E-state index is 11.2. The lowest BCUT2D eigenvalue weighted by Gasteiger charge is -2.47. The van der Waals surface area contributed by atoms with Gasteiger partial charge in [-0.1, -0.05) is 322 Å². The molecule has 132 heavy (non-hydrogen) atoms. The number of rotatable bonds is 9. The fourth-order valence-corrected chi connectivity index (χ4v) is 24.2. The minimum absolute atomic E-state index is 0.0781. The minimum atomic E-state index is -0.407. The number of benzene rings is 17. The highest BCUT2D eigenvalue weighted by atomic mass is 32.1. The molecule has 22 aromatic rings. The number of hydrogen-bond acceptors (Lipinski definition) is 5. The Kier molecular flexibility index (Phi) is 18.0. The molecule has 8 heteroatoms. The fourth-order valence-electron chi connectivity index (χ4n) is 21.7. The highest BCUT2D eigenvalue weighted by Gasteiger charge is 2.46. The number of nitrogens with zero attached hydrogens (tertiary/aromatic N) is 6. The number of anilines is 6. The molecule has 2 aliphatic rings. The van der Waals surface area contributed by atoms with Crippen LogP contribution < -0.4 is 9.80 Å². The second-order valence-corrected chi connectivity index (χ2v) is 44.1. The Hall–Kier alpha value is -14.3. The Bertz CT molecular complexity index is 8570. The zero-order chi connectivity index (χ0) is 90.2. The van der Waals surface area contributed by atoms with Crippen LogP contribution in [0.15, 0.2) is 340 Å². The van der Waals surface area contributed by atoms with Crippen LogP contribution in [0.2, 0.25) is 0 Å². The first-order valence-corrected chi connectivity index (χ1v) is 48.2. The molecule has 0 fully saturated rings. The highest BCUT2D eigenvalue weighted by molar-refractivity contribution is 7.26. The molecule has 1 atom stereocenters. The third kappa shape index (κ3) is 12.6. The molecule has 0 amide bonds. The summed E-state index contributed by atoms with van der Waals surface area (Å²) in [5.74, 6) is -0.407. The molecule has 0 spiro atoms. The van der Waals surface area contributed by atoms with Gasteiger partial charge in [-0.2, -0.15) is 5.26 Å². The molecule has 17 aromatic carbocycles. The normalized spacial score (nSPS) is 13.8. The molecule has 6 nitrogen and oxygen atoms in total. The summed E-state index contributed by atoms with van der Waals surface area (Å²) in [4.78, 5) is 5.55. The van der Waals surface area contributed by atoms with Gasteiger partial charge in [0, 0.05) is 101 Å². The van der Waals surface area contributed by atoms with Crippen LogP contribution in [0.5, 0.6) is 0 Å². The van der Waals surface area contributed by atoms with E-state index in [1.807, 2.05) is 28.7 Å². The quantitative estimate of drug-likeness (QED) is 0.145. The van der Waals surface area contributed by atoms with Gasteiger partial charge >= 0.3 is 0 Å². The van der Waals surface area contributed by atoms with Gasteiger partial charge in [0.2, 0.25) is 0 Å². The SMILES string of the molecule is CC(C)(C)c1cc(-c2ccc3c(c2)C2c4ccc(-c5ccccc5)cc4N(c4c(-c5cccc6sc7cc(C(C)(C)C)ccc7c56)cc(C(C)(C)C)cc4-n4c5ccccc5c5ccccc54)c4cc(-n5c6ccc(C#N)cc6c6cc(C(C)(C)C)ccc65)cc(c42)N3c2c(-c3cccc4c3sc3ccccc34)cccc2-n2c3ccccc3c3ccccc32)cc(C(C)(C)C)c1. The molecule has 0 saturated heterocycles. The predicted octanol–water partition coefficient (Wildman–Crippen LogP) is 35.5. The minimum Gasteiger partial charge on any atom is -0.309 e. The van der Waals surface area contributed by atoms with Crippen LogP contribution in [-0.4, -0.2) is 13.7 Å². The van der Waals surface area contributed by atoms with Crippen molar-refractivity contribution in [3.63, 3.8) is 0 Å². The Labute approximate surface area is 779 Å². The van der Waals surface area contributed by atoms with E-state index < -0.39 is 5.92 Å². The molecule has 7 heterocycles. The Morgan fingerprint density at radius 2 is 0.750 bits per heavy atom. The smallest absolute Gasteiger partial charge is 0.0991 e. The third-order valence-electron chi connectivity index (χ3n) is 28.6. The number of fused-ring (bicyclic) bond motifs is 19. The Morgan fingerprint density at radius 3 is 1.39 bits per heavy atom. The van der Waals surface area contributed by atoms with E-state index in [0.717, 1.165) is 134 Å². The first-order chi connectivity index (χ1) is 63.6. The summed E-state index contributed by atoms with van der Waals surface area (Å²) in [5, 5.41) is 22.9. The van der Waals surface area contributed by atoms with Crippen LogP contribution in [-0.2, 0) is 27.1 Å². The average molecular weight is 1740 g/mol. The van der Waals surface area contributed by atoms with E-state index in [4.69, 9.17) is 0 Å². The van der Waals surface area contributed by atoms with Crippen molar-refractivity contribution in [1.29, 1.82) is 5.26 Å². The number of hydrogen-bond donors (Lipinski definition) is 0.